The van der Waals surface area contributed by atoms with Crippen molar-refractivity contribution in [3.05, 3.63) is 24.0 Å². The quantitative estimate of drug-likeness (QED) is 0.824. The average molecular weight is 263 g/mol. The molecule has 1 aromatic heterocycles. The number of nitrogens with one attached hydrogen (secondary N) is 1. The van der Waals surface area contributed by atoms with Crippen molar-refractivity contribution in [3.63, 3.8) is 0 Å². The first kappa shape index (κ1) is 14.3. The number of hydrogen-bond donors (Lipinski definition) is 2. The molecule has 1 saturated heterocycles. The Balaban J connectivity index is 1.95. The Labute approximate surface area is 115 Å². The van der Waals surface area contributed by atoms with Crippen molar-refractivity contribution in [2.24, 2.45) is 5.92 Å². The van der Waals surface area contributed by atoms with Gasteiger partial charge in [-0.2, -0.15) is 0 Å². The van der Waals surface area contributed by atoms with E-state index in [4.69, 9.17) is 5.11 Å². The molecule has 4 nitrogen and oxygen atoms in total. The first-order valence-electron chi connectivity index (χ1n) is 7.29. The van der Waals surface area contributed by atoms with Crippen LogP contribution in [0, 0.1) is 5.92 Å². The molecule has 0 spiro atoms. The van der Waals surface area contributed by atoms with Gasteiger partial charge in [-0.05, 0) is 44.4 Å². The van der Waals surface area contributed by atoms with Gasteiger partial charge in [0.15, 0.2) is 0 Å². The fraction of sp³-hybridized carbons (Fsp3) is 0.667. The van der Waals surface area contributed by atoms with E-state index < -0.39 is 0 Å². The molecule has 0 bridgehead atoms. The zero-order valence-electron chi connectivity index (χ0n) is 12.0. The Kier molecular flexibility index (Phi) is 5.16. The highest BCUT2D eigenvalue weighted by molar-refractivity contribution is 5.45. The third-order valence-corrected chi connectivity index (χ3v) is 3.91. The minimum atomic E-state index is 0.301. The predicted octanol–water partition coefficient (Wildman–Crippen LogP) is 1.96. The minimum Gasteiger partial charge on any atom is -0.396 e. The van der Waals surface area contributed by atoms with E-state index in [0.29, 0.717) is 18.6 Å². The molecular weight excluding hydrogens is 238 g/mol. The van der Waals surface area contributed by atoms with Gasteiger partial charge in [0.1, 0.15) is 0 Å². The molecule has 0 aromatic carbocycles. The Morgan fingerprint density at radius 1 is 1.53 bits per heavy atom. The number of pyridine rings is 1. The summed E-state index contributed by atoms with van der Waals surface area (Å²) in [6.07, 6.45) is 4.07. The van der Waals surface area contributed by atoms with E-state index in [0.717, 1.165) is 31.7 Å². The molecule has 19 heavy (non-hydrogen) atoms. The Morgan fingerprint density at radius 3 is 3.00 bits per heavy atom. The van der Waals surface area contributed by atoms with Gasteiger partial charge >= 0.3 is 0 Å². The third-order valence-electron chi connectivity index (χ3n) is 3.91. The molecule has 2 heterocycles. The van der Waals surface area contributed by atoms with Gasteiger partial charge in [0, 0.05) is 25.7 Å². The Morgan fingerprint density at radius 2 is 2.37 bits per heavy atom. The van der Waals surface area contributed by atoms with Crippen LogP contribution in [0.25, 0.3) is 0 Å². The van der Waals surface area contributed by atoms with Gasteiger partial charge in [0.05, 0.1) is 17.6 Å². The van der Waals surface area contributed by atoms with Crippen LogP contribution in [0.2, 0.25) is 0 Å². The summed E-state index contributed by atoms with van der Waals surface area (Å²) in [6, 6.07) is 4.58. The first-order valence-corrected chi connectivity index (χ1v) is 7.29. The highest BCUT2D eigenvalue weighted by Crippen LogP contribution is 2.25. The van der Waals surface area contributed by atoms with E-state index in [1.165, 1.54) is 12.1 Å². The van der Waals surface area contributed by atoms with E-state index in [2.05, 4.69) is 41.2 Å². The number of nitrogens with zero attached hydrogens (tertiary/aromatic N) is 2. The zero-order chi connectivity index (χ0) is 13.7. The van der Waals surface area contributed by atoms with Crippen molar-refractivity contribution in [1.29, 1.82) is 0 Å². The molecule has 2 N–H and O–H groups in total. The van der Waals surface area contributed by atoms with Crippen LogP contribution in [0.3, 0.4) is 0 Å². The van der Waals surface area contributed by atoms with E-state index in [1.54, 1.807) is 0 Å². The Bertz CT molecular complexity index is 379. The summed E-state index contributed by atoms with van der Waals surface area (Å²) in [6.45, 7) is 7.63. The van der Waals surface area contributed by atoms with Crippen LogP contribution in [0.15, 0.2) is 18.3 Å². The SMILES string of the molecule is CCNC(C)c1ccc(N2CCC(CCO)C2)cn1. The van der Waals surface area contributed by atoms with Crippen LogP contribution in [0.1, 0.15) is 38.4 Å². The van der Waals surface area contributed by atoms with Gasteiger partial charge in [-0.25, -0.2) is 0 Å². The van der Waals surface area contributed by atoms with Crippen LogP contribution in [0.5, 0.6) is 0 Å². The lowest BCUT2D eigenvalue weighted by atomic mass is 10.1. The molecule has 2 unspecified atom stereocenters. The maximum Gasteiger partial charge on any atom is 0.0572 e. The second-order valence-electron chi connectivity index (χ2n) is 5.33. The highest BCUT2D eigenvalue weighted by Gasteiger charge is 2.22. The van der Waals surface area contributed by atoms with E-state index in [9.17, 15) is 0 Å². The maximum atomic E-state index is 8.99. The monoisotopic (exact) mass is 263 g/mol. The van der Waals surface area contributed by atoms with E-state index in [1.807, 2.05) is 6.20 Å². The maximum absolute atomic E-state index is 8.99. The van der Waals surface area contributed by atoms with E-state index in [-0.39, 0.29) is 0 Å². The number of aliphatic hydroxyl groups is 1. The van der Waals surface area contributed by atoms with Crippen molar-refractivity contribution in [1.82, 2.24) is 10.3 Å². The van der Waals surface area contributed by atoms with Gasteiger partial charge in [0.2, 0.25) is 0 Å². The highest BCUT2D eigenvalue weighted by atomic mass is 16.3. The summed E-state index contributed by atoms with van der Waals surface area (Å²) in [5.74, 6) is 0.630. The normalized spacial score (nSPS) is 20.8. The molecule has 1 aromatic rings. The number of aromatic nitrogens is 1. The largest absolute Gasteiger partial charge is 0.396 e. The molecule has 106 valence electrons. The summed E-state index contributed by atoms with van der Waals surface area (Å²) in [4.78, 5) is 6.93. The molecule has 4 heteroatoms. The molecule has 0 amide bonds. The second-order valence-corrected chi connectivity index (χ2v) is 5.33. The summed E-state index contributed by atoms with van der Waals surface area (Å²) < 4.78 is 0. The average Bonchev–Trinajstić information content (AvgIpc) is 2.88. The minimum absolute atomic E-state index is 0.301. The summed E-state index contributed by atoms with van der Waals surface area (Å²) in [5, 5.41) is 12.4. The van der Waals surface area contributed by atoms with Crippen LogP contribution >= 0.6 is 0 Å². The molecule has 2 atom stereocenters. The van der Waals surface area contributed by atoms with Crippen molar-refractivity contribution in [2.75, 3.05) is 31.1 Å². The predicted molar refractivity (Wildman–Crippen MR) is 78.4 cm³/mol. The standard InChI is InChI=1S/C15H25N3O/c1-3-16-12(2)15-5-4-14(10-17-15)18-8-6-13(11-18)7-9-19/h4-5,10,12-13,16,19H,3,6-9,11H2,1-2H3. The topological polar surface area (TPSA) is 48.4 Å². The summed E-state index contributed by atoms with van der Waals surface area (Å²) >= 11 is 0. The van der Waals surface area contributed by atoms with Crippen molar-refractivity contribution in [3.8, 4) is 0 Å². The van der Waals surface area contributed by atoms with Crippen LogP contribution in [-0.2, 0) is 0 Å². The fourth-order valence-electron chi connectivity index (χ4n) is 2.74. The van der Waals surface area contributed by atoms with Crippen molar-refractivity contribution in [2.45, 2.75) is 32.7 Å². The van der Waals surface area contributed by atoms with Crippen LogP contribution < -0.4 is 10.2 Å². The number of rotatable bonds is 6. The first-order chi connectivity index (χ1) is 9.24. The molecule has 1 aliphatic rings. The van der Waals surface area contributed by atoms with Crippen LogP contribution in [-0.4, -0.2) is 36.3 Å². The molecule has 1 fully saturated rings. The summed E-state index contributed by atoms with van der Waals surface area (Å²) in [5.41, 5.74) is 2.30. The molecule has 0 radical (unpaired) electrons. The van der Waals surface area contributed by atoms with Gasteiger partial charge in [-0.3, -0.25) is 4.98 Å². The van der Waals surface area contributed by atoms with Crippen LogP contribution in [0.4, 0.5) is 5.69 Å². The number of hydrogen-bond acceptors (Lipinski definition) is 4. The molecule has 0 saturated carbocycles. The van der Waals surface area contributed by atoms with Crippen molar-refractivity contribution >= 4 is 5.69 Å². The van der Waals surface area contributed by atoms with Crippen molar-refractivity contribution < 1.29 is 5.11 Å². The lowest BCUT2D eigenvalue weighted by Gasteiger charge is -2.19. The molecule has 2 rings (SSSR count). The molecule has 1 aliphatic heterocycles. The zero-order valence-corrected chi connectivity index (χ0v) is 12.0. The lowest BCUT2D eigenvalue weighted by molar-refractivity contribution is 0.263. The van der Waals surface area contributed by atoms with Gasteiger partial charge in [0.25, 0.3) is 0 Å². The number of anilines is 1. The second kappa shape index (κ2) is 6.87. The van der Waals surface area contributed by atoms with Gasteiger partial charge in [-0.15, -0.1) is 0 Å². The smallest absolute Gasteiger partial charge is 0.0572 e. The van der Waals surface area contributed by atoms with E-state index >= 15 is 0 Å². The molecule has 0 aliphatic carbocycles. The third kappa shape index (κ3) is 3.67. The fourth-order valence-corrected chi connectivity index (χ4v) is 2.74. The molecular formula is C15H25N3O. The van der Waals surface area contributed by atoms with Gasteiger partial charge in [-0.1, -0.05) is 6.92 Å². The summed E-state index contributed by atoms with van der Waals surface area (Å²) in [7, 11) is 0. The van der Waals surface area contributed by atoms with Gasteiger partial charge < -0.3 is 15.3 Å². The lowest BCUT2D eigenvalue weighted by Crippen LogP contribution is -2.21. The number of aliphatic hydroxyl groups excluding tert-OH is 1. The Hall–Kier alpha value is -1.13.